The zero-order valence-electron chi connectivity index (χ0n) is 14.1. The van der Waals surface area contributed by atoms with Crippen molar-refractivity contribution in [3.63, 3.8) is 0 Å². The van der Waals surface area contributed by atoms with E-state index in [1.165, 1.54) is 12.5 Å². The number of halogens is 1. The van der Waals surface area contributed by atoms with Crippen LogP contribution in [0.5, 0.6) is 5.75 Å². The third-order valence-corrected chi connectivity index (χ3v) is 4.37. The number of amides is 1. The van der Waals surface area contributed by atoms with Crippen LogP contribution in [0.4, 0.5) is 0 Å². The van der Waals surface area contributed by atoms with Crippen LogP contribution in [0.2, 0.25) is 5.02 Å². The van der Waals surface area contributed by atoms with Gasteiger partial charge in [0.15, 0.2) is 17.1 Å². The molecule has 3 aromatic heterocycles. The molecular formula is C18H12ClN5O4. The molecule has 10 heteroatoms. The van der Waals surface area contributed by atoms with Gasteiger partial charge in [0, 0.05) is 11.2 Å². The fraction of sp³-hybridized carbons (Fsp3) is 0.0556. The fourth-order valence-electron chi connectivity index (χ4n) is 3.00. The topological polar surface area (TPSA) is 130 Å². The summed E-state index contributed by atoms with van der Waals surface area (Å²) in [4.78, 5) is 31.6. The lowest BCUT2D eigenvalue weighted by Gasteiger charge is -2.13. The molecule has 4 rings (SSSR count). The lowest BCUT2D eigenvalue weighted by Crippen LogP contribution is -2.31. The number of hydrogen-bond acceptors (Lipinski definition) is 6. The second kappa shape index (κ2) is 6.78. The first-order valence-corrected chi connectivity index (χ1v) is 8.44. The summed E-state index contributed by atoms with van der Waals surface area (Å²) in [5.74, 6) is -2.46. The molecule has 3 N–H and O–H groups in total. The largest absolute Gasteiger partial charge is 0.504 e. The van der Waals surface area contributed by atoms with E-state index in [2.05, 4.69) is 20.4 Å². The highest BCUT2D eigenvalue weighted by molar-refractivity contribution is 6.31. The van der Waals surface area contributed by atoms with Crippen molar-refractivity contribution in [1.82, 2.24) is 24.9 Å². The van der Waals surface area contributed by atoms with E-state index < -0.39 is 24.2 Å². The Morgan fingerprint density at radius 3 is 2.79 bits per heavy atom. The standard InChI is InChI=1S/C18H12ClN5O4/c19-10-3-1-2-9(6-10)11-4-5-20-14-13(11)17-22-8-23-24(17)15(16(14)27)18(28)21-7-12(25)26/h1-6,8,27H,7H2,(H,21,28)(H,25,26). The van der Waals surface area contributed by atoms with Crippen molar-refractivity contribution in [3.8, 4) is 16.9 Å². The Kier molecular flexibility index (Phi) is 4.28. The highest BCUT2D eigenvalue weighted by atomic mass is 35.5. The summed E-state index contributed by atoms with van der Waals surface area (Å²) in [5, 5.41) is 26.8. The van der Waals surface area contributed by atoms with Crippen LogP contribution in [0.3, 0.4) is 0 Å². The summed E-state index contributed by atoms with van der Waals surface area (Å²) < 4.78 is 1.16. The number of aliphatic carboxylic acids is 1. The number of carbonyl (C=O) groups is 2. The van der Waals surface area contributed by atoms with Crippen molar-refractivity contribution in [3.05, 3.63) is 53.6 Å². The van der Waals surface area contributed by atoms with E-state index in [1.54, 1.807) is 24.3 Å². The lowest BCUT2D eigenvalue weighted by atomic mass is 10.0. The second-order valence-electron chi connectivity index (χ2n) is 5.86. The highest BCUT2D eigenvalue weighted by Gasteiger charge is 2.24. The first-order chi connectivity index (χ1) is 13.5. The van der Waals surface area contributed by atoms with Crippen molar-refractivity contribution in [2.75, 3.05) is 6.54 Å². The molecule has 3 heterocycles. The van der Waals surface area contributed by atoms with Crippen LogP contribution in [0, 0.1) is 0 Å². The van der Waals surface area contributed by atoms with Crippen molar-refractivity contribution in [2.24, 2.45) is 0 Å². The monoisotopic (exact) mass is 397 g/mol. The van der Waals surface area contributed by atoms with Crippen LogP contribution in [0.15, 0.2) is 42.9 Å². The van der Waals surface area contributed by atoms with Gasteiger partial charge in [0.25, 0.3) is 5.91 Å². The summed E-state index contributed by atoms with van der Waals surface area (Å²) in [7, 11) is 0. The lowest BCUT2D eigenvalue weighted by molar-refractivity contribution is -0.135. The van der Waals surface area contributed by atoms with E-state index in [1.807, 2.05) is 6.07 Å². The summed E-state index contributed by atoms with van der Waals surface area (Å²) >= 11 is 6.10. The maximum atomic E-state index is 12.5. The maximum absolute atomic E-state index is 12.5. The zero-order valence-corrected chi connectivity index (χ0v) is 14.9. The van der Waals surface area contributed by atoms with Gasteiger partial charge in [0.2, 0.25) is 0 Å². The van der Waals surface area contributed by atoms with Crippen LogP contribution in [-0.2, 0) is 4.79 Å². The first-order valence-electron chi connectivity index (χ1n) is 8.06. The average Bonchev–Trinajstić information content (AvgIpc) is 3.15. The molecule has 140 valence electrons. The third-order valence-electron chi connectivity index (χ3n) is 4.13. The van der Waals surface area contributed by atoms with Crippen LogP contribution in [-0.4, -0.2) is 48.2 Å². The van der Waals surface area contributed by atoms with Gasteiger partial charge < -0.3 is 15.5 Å². The Bertz CT molecular complexity index is 1250. The van der Waals surface area contributed by atoms with E-state index in [0.29, 0.717) is 16.0 Å². The Morgan fingerprint density at radius 2 is 2.04 bits per heavy atom. The van der Waals surface area contributed by atoms with Gasteiger partial charge in [0.05, 0.1) is 5.39 Å². The zero-order chi connectivity index (χ0) is 19.8. The van der Waals surface area contributed by atoms with E-state index in [-0.39, 0.29) is 16.9 Å². The quantitative estimate of drug-likeness (QED) is 0.480. The van der Waals surface area contributed by atoms with E-state index in [0.717, 1.165) is 10.1 Å². The van der Waals surface area contributed by atoms with Crippen molar-refractivity contribution in [2.45, 2.75) is 0 Å². The van der Waals surface area contributed by atoms with Crippen LogP contribution >= 0.6 is 11.6 Å². The third kappa shape index (κ3) is 2.87. The van der Waals surface area contributed by atoms with Gasteiger partial charge in [-0.05, 0) is 29.3 Å². The molecule has 0 saturated heterocycles. The molecular weight excluding hydrogens is 386 g/mol. The Labute approximate surface area is 162 Å². The molecule has 9 nitrogen and oxygen atoms in total. The molecule has 1 amide bonds. The average molecular weight is 398 g/mol. The molecule has 0 unspecified atom stereocenters. The van der Waals surface area contributed by atoms with Crippen molar-refractivity contribution >= 4 is 40.0 Å². The number of nitrogens with zero attached hydrogens (tertiary/aromatic N) is 4. The van der Waals surface area contributed by atoms with Gasteiger partial charge in [-0.25, -0.2) is 9.50 Å². The number of carbonyl (C=O) groups excluding carboxylic acids is 1. The first kappa shape index (κ1) is 17.7. The Hall–Kier alpha value is -3.72. The number of nitrogens with one attached hydrogen (secondary N) is 1. The minimum Gasteiger partial charge on any atom is -0.504 e. The van der Waals surface area contributed by atoms with Crippen LogP contribution in [0.25, 0.3) is 27.7 Å². The summed E-state index contributed by atoms with van der Waals surface area (Å²) in [6, 6.07) is 8.88. The van der Waals surface area contributed by atoms with Crippen molar-refractivity contribution < 1.29 is 19.8 Å². The molecule has 0 bridgehead atoms. The molecule has 1 aromatic carbocycles. The van der Waals surface area contributed by atoms with Crippen LogP contribution in [0.1, 0.15) is 10.5 Å². The molecule has 0 fully saturated rings. The smallest absolute Gasteiger partial charge is 0.322 e. The number of aromatic hydroxyl groups is 1. The molecule has 0 radical (unpaired) electrons. The number of carboxylic acids is 1. The molecule has 4 aromatic rings. The molecule has 0 saturated carbocycles. The van der Waals surface area contributed by atoms with E-state index >= 15 is 0 Å². The van der Waals surface area contributed by atoms with Gasteiger partial charge in [-0.15, -0.1) is 0 Å². The maximum Gasteiger partial charge on any atom is 0.322 e. The number of fused-ring (bicyclic) bond motifs is 3. The normalized spacial score (nSPS) is 11.0. The predicted octanol–water partition coefficient (Wildman–Crippen LogP) is 2.12. The number of rotatable bonds is 4. The summed E-state index contributed by atoms with van der Waals surface area (Å²) in [6.07, 6.45) is 2.72. The van der Waals surface area contributed by atoms with Gasteiger partial charge >= 0.3 is 5.97 Å². The van der Waals surface area contributed by atoms with Crippen molar-refractivity contribution in [1.29, 1.82) is 0 Å². The number of pyridine rings is 2. The number of benzene rings is 1. The minimum atomic E-state index is -1.22. The molecule has 0 aliphatic heterocycles. The molecule has 0 spiro atoms. The number of carboxylic acid groups (broad SMARTS) is 1. The van der Waals surface area contributed by atoms with E-state index in [9.17, 15) is 14.7 Å². The van der Waals surface area contributed by atoms with Gasteiger partial charge in [-0.3, -0.25) is 14.6 Å². The molecule has 28 heavy (non-hydrogen) atoms. The Morgan fingerprint density at radius 1 is 1.21 bits per heavy atom. The number of aromatic nitrogens is 4. The molecule has 0 aliphatic carbocycles. The minimum absolute atomic E-state index is 0.137. The SMILES string of the molecule is O=C(O)CNC(=O)c1c(O)c2nccc(-c3cccc(Cl)c3)c2c2ncnn12. The van der Waals surface area contributed by atoms with Gasteiger partial charge in [0.1, 0.15) is 18.4 Å². The second-order valence-corrected chi connectivity index (χ2v) is 6.30. The predicted molar refractivity (Wildman–Crippen MR) is 100 cm³/mol. The summed E-state index contributed by atoms with van der Waals surface area (Å²) in [6.45, 7) is -0.609. The van der Waals surface area contributed by atoms with Crippen LogP contribution < -0.4 is 5.32 Å². The highest BCUT2D eigenvalue weighted by Crippen LogP contribution is 2.36. The Balaban J connectivity index is 2.01. The molecule has 0 aliphatic rings. The van der Waals surface area contributed by atoms with E-state index in [4.69, 9.17) is 16.7 Å². The van der Waals surface area contributed by atoms with Gasteiger partial charge in [-0.1, -0.05) is 23.7 Å². The number of hydrogen-bond donors (Lipinski definition) is 3. The summed E-state index contributed by atoms with van der Waals surface area (Å²) in [5.41, 5.74) is 1.64. The molecule has 0 atom stereocenters. The fourth-order valence-corrected chi connectivity index (χ4v) is 3.19. The van der Waals surface area contributed by atoms with Gasteiger partial charge in [-0.2, -0.15) is 5.10 Å².